The second kappa shape index (κ2) is 10.2. The molecule has 7 nitrogen and oxygen atoms in total. The first-order valence-electron chi connectivity index (χ1n) is 11.4. The standard InChI is InChI=1S/C24H31FN6O/c1-32-11-10-27-17-2-4-18(5-3-17)31-23-13-20(21(25)14-29-23)22-12-19(6-9-28-22)30-16-24(15-26)7-8-24/h6,9,12-14,17-18,27H,2-5,7-8,10-11,16H2,1H3,(H,28,30)(H,29,31). The molecule has 2 heterocycles. The summed E-state index contributed by atoms with van der Waals surface area (Å²) in [7, 11) is 1.72. The lowest BCUT2D eigenvalue weighted by Crippen LogP contribution is -2.38. The zero-order valence-electron chi connectivity index (χ0n) is 18.5. The Hall–Kier alpha value is -2.76. The molecule has 0 aliphatic heterocycles. The van der Waals surface area contributed by atoms with Crippen LogP contribution in [0.3, 0.4) is 0 Å². The minimum Gasteiger partial charge on any atom is -0.383 e. The number of halogens is 1. The third-order valence-corrected chi connectivity index (χ3v) is 6.43. The van der Waals surface area contributed by atoms with E-state index in [2.05, 4.69) is 32.0 Å². The van der Waals surface area contributed by atoms with E-state index < -0.39 is 5.82 Å². The number of aromatic nitrogens is 2. The molecule has 0 unspecified atom stereocenters. The monoisotopic (exact) mass is 438 g/mol. The maximum Gasteiger partial charge on any atom is 0.151 e. The summed E-state index contributed by atoms with van der Waals surface area (Å²) in [6.07, 6.45) is 9.03. The molecule has 0 bridgehead atoms. The zero-order valence-corrected chi connectivity index (χ0v) is 18.5. The third-order valence-electron chi connectivity index (χ3n) is 6.43. The van der Waals surface area contributed by atoms with Gasteiger partial charge in [-0.05, 0) is 56.7 Å². The number of hydrogen-bond acceptors (Lipinski definition) is 7. The summed E-state index contributed by atoms with van der Waals surface area (Å²) >= 11 is 0. The summed E-state index contributed by atoms with van der Waals surface area (Å²) in [6, 6.07) is 8.63. The molecule has 2 aromatic rings. The van der Waals surface area contributed by atoms with Gasteiger partial charge in [0, 0.05) is 49.7 Å². The highest BCUT2D eigenvalue weighted by Crippen LogP contribution is 2.44. The molecule has 8 heteroatoms. The summed E-state index contributed by atoms with van der Waals surface area (Å²) in [6.45, 7) is 2.20. The SMILES string of the molecule is COCCNC1CCC(Nc2cc(-c3cc(NCC4(C#N)CC4)ccn3)c(F)cn2)CC1. The van der Waals surface area contributed by atoms with E-state index in [0.29, 0.717) is 35.7 Å². The van der Waals surface area contributed by atoms with Crippen LogP contribution in [0.1, 0.15) is 38.5 Å². The van der Waals surface area contributed by atoms with E-state index in [4.69, 9.17) is 4.74 Å². The van der Waals surface area contributed by atoms with Gasteiger partial charge in [-0.15, -0.1) is 0 Å². The van der Waals surface area contributed by atoms with Crippen LogP contribution in [0.2, 0.25) is 0 Å². The average molecular weight is 439 g/mol. The number of rotatable bonds is 10. The Balaban J connectivity index is 1.37. The van der Waals surface area contributed by atoms with Gasteiger partial charge in [0.25, 0.3) is 0 Å². The van der Waals surface area contributed by atoms with Crippen molar-refractivity contribution in [1.82, 2.24) is 15.3 Å². The number of pyridine rings is 2. The number of nitriles is 1. The Morgan fingerprint density at radius 1 is 1.19 bits per heavy atom. The van der Waals surface area contributed by atoms with Crippen molar-refractivity contribution in [1.29, 1.82) is 5.26 Å². The van der Waals surface area contributed by atoms with E-state index in [1.807, 2.05) is 12.1 Å². The number of methoxy groups -OCH3 is 1. The topological polar surface area (TPSA) is 94.9 Å². The normalized spacial score (nSPS) is 21.5. The highest BCUT2D eigenvalue weighted by molar-refractivity contribution is 5.67. The molecule has 0 aromatic carbocycles. The average Bonchev–Trinajstić information content (AvgIpc) is 3.61. The number of hydrogen-bond donors (Lipinski definition) is 3. The van der Waals surface area contributed by atoms with Crippen LogP contribution in [0.15, 0.2) is 30.6 Å². The fourth-order valence-electron chi connectivity index (χ4n) is 4.17. The van der Waals surface area contributed by atoms with E-state index in [1.54, 1.807) is 19.4 Å². The molecule has 0 amide bonds. The molecule has 2 aliphatic rings. The van der Waals surface area contributed by atoms with Crippen molar-refractivity contribution < 1.29 is 9.13 Å². The van der Waals surface area contributed by atoms with Gasteiger partial charge in [-0.3, -0.25) is 4.98 Å². The maximum atomic E-state index is 14.6. The quantitative estimate of drug-likeness (QED) is 0.483. The first-order chi connectivity index (χ1) is 15.6. The molecule has 3 N–H and O–H groups in total. The van der Waals surface area contributed by atoms with E-state index in [-0.39, 0.29) is 5.41 Å². The van der Waals surface area contributed by atoms with Gasteiger partial charge < -0.3 is 20.7 Å². The van der Waals surface area contributed by atoms with Gasteiger partial charge in [-0.1, -0.05) is 0 Å². The summed E-state index contributed by atoms with van der Waals surface area (Å²) < 4.78 is 19.7. The van der Waals surface area contributed by atoms with Crippen molar-refractivity contribution >= 4 is 11.5 Å². The van der Waals surface area contributed by atoms with Crippen molar-refractivity contribution in [3.63, 3.8) is 0 Å². The highest BCUT2D eigenvalue weighted by Gasteiger charge is 2.42. The van der Waals surface area contributed by atoms with Crippen molar-refractivity contribution in [2.45, 2.75) is 50.6 Å². The molecular formula is C24H31FN6O. The van der Waals surface area contributed by atoms with E-state index in [1.165, 1.54) is 6.20 Å². The maximum absolute atomic E-state index is 14.6. The second-order valence-corrected chi connectivity index (χ2v) is 8.86. The molecule has 2 aromatic heterocycles. The van der Waals surface area contributed by atoms with Crippen LogP contribution in [0.25, 0.3) is 11.3 Å². The number of ether oxygens (including phenoxy) is 1. The number of nitrogens with zero attached hydrogens (tertiary/aromatic N) is 3. The lowest BCUT2D eigenvalue weighted by atomic mass is 9.91. The van der Waals surface area contributed by atoms with Crippen LogP contribution in [0.5, 0.6) is 0 Å². The molecule has 0 atom stereocenters. The van der Waals surface area contributed by atoms with E-state index >= 15 is 0 Å². The predicted molar refractivity (Wildman–Crippen MR) is 123 cm³/mol. The Kier molecular flexibility index (Phi) is 7.18. The van der Waals surface area contributed by atoms with Crippen LogP contribution in [-0.4, -0.2) is 48.9 Å². The lowest BCUT2D eigenvalue weighted by Gasteiger charge is -2.30. The van der Waals surface area contributed by atoms with Gasteiger partial charge in [0.05, 0.1) is 30.0 Å². The molecule has 0 radical (unpaired) electrons. The predicted octanol–water partition coefficient (Wildman–Crippen LogP) is 3.96. The molecule has 2 fully saturated rings. The number of nitrogens with one attached hydrogen (secondary N) is 3. The molecule has 170 valence electrons. The van der Waals surface area contributed by atoms with Crippen molar-refractivity contribution in [3.8, 4) is 17.3 Å². The summed E-state index contributed by atoms with van der Waals surface area (Å²) in [5.41, 5.74) is 1.55. The third kappa shape index (κ3) is 5.72. The first kappa shape index (κ1) is 22.4. The number of anilines is 2. The summed E-state index contributed by atoms with van der Waals surface area (Å²) in [5, 5.41) is 19.6. The minimum atomic E-state index is -0.401. The van der Waals surface area contributed by atoms with Gasteiger partial charge in [0.2, 0.25) is 0 Å². The van der Waals surface area contributed by atoms with Gasteiger partial charge >= 0.3 is 0 Å². The summed E-state index contributed by atoms with van der Waals surface area (Å²) in [4.78, 5) is 8.62. The van der Waals surface area contributed by atoms with Crippen LogP contribution in [-0.2, 0) is 4.74 Å². The van der Waals surface area contributed by atoms with Crippen molar-refractivity contribution in [3.05, 3.63) is 36.4 Å². The van der Waals surface area contributed by atoms with Crippen LogP contribution < -0.4 is 16.0 Å². The van der Waals surface area contributed by atoms with Gasteiger partial charge in [-0.2, -0.15) is 5.26 Å². The van der Waals surface area contributed by atoms with Crippen LogP contribution >= 0.6 is 0 Å². The molecule has 2 aliphatic carbocycles. The molecule has 2 saturated carbocycles. The Morgan fingerprint density at radius 3 is 2.69 bits per heavy atom. The van der Waals surface area contributed by atoms with E-state index in [9.17, 15) is 9.65 Å². The lowest BCUT2D eigenvalue weighted by molar-refractivity contribution is 0.191. The molecule has 32 heavy (non-hydrogen) atoms. The van der Waals surface area contributed by atoms with Gasteiger partial charge in [0.15, 0.2) is 5.82 Å². The van der Waals surface area contributed by atoms with Crippen molar-refractivity contribution in [2.24, 2.45) is 5.41 Å². The highest BCUT2D eigenvalue weighted by atomic mass is 19.1. The fourth-order valence-corrected chi connectivity index (χ4v) is 4.17. The first-order valence-corrected chi connectivity index (χ1v) is 11.4. The Morgan fingerprint density at radius 2 is 1.97 bits per heavy atom. The molecule has 0 spiro atoms. The Bertz CT molecular complexity index is 950. The van der Waals surface area contributed by atoms with Crippen LogP contribution in [0.4, 0.5) is 15.9 Å². The fraction of sp³-hybridized carbons (Fsp3) is 0.542. The Labute approximate surface area is 188 Å². The molecular weight excluding hydrogens is 407 g/mol. The largest absolute Gasteiger partial charge is 0.383 e. The minimum absolute atomic E-state index is 0.249. The zero-order chi connectivity index (χ0) is 22.4. The second-order valence-electron chi connectivity index (χ2n) is 8.86. The van der Waals surface area contributed by atoms with Gasteiger partial charge in [-0.25, -0.2) is 9.37 Å². The molecule has 0 saturated heterocycles. The smallest absolute Gasteiger partial charge is 0.151 e. The van der Waals surface area contributed by atoms with Crippen molar-refractivity contribution in [2.75, 3.05) is 37.4 Å². The molecule has 4 rings (SSSR count). The van der Waals surface area contributed by atoms with Gasteiger partial charge in [0.1, 0.15) is 5.82 Å². The summed E-state index contributed by atoms with van der Waals surface area (Å²) in [5.74, 6) is 0.265. The van der Waals surface area contributed by atoms with E-state index in [0.717, 1.165) is 57.4 Å². The van der Waals surface area contributed by atoms with Crippen LogP contribution in [0, 0.1) is 22.6 Å².